The maximum absolute atomic E-state index is 13.0. The number of carbonyl (C=O) groups excluding carboxylic acids is 1. The first-order valence-electron chi connectivity index (χ1n) is 8.71. The third kappa shape index (κ3) is 3.33. The molecular formula is C23H16N2O3. The van der Waals surface area contributed by atoms with Crippen LogP contribution in [0, 0.1) is 0 Å². The molecule has 0 unspecified atom stereocenters. The second-order valence-electron chi connectivity index (χ2n) is 6.28. The van der Waals surface area contributed by atoms with Gasteiger partial charge >= 0.3 is 5.97 Å². The van der Waals surface area contributed by atoms with Gasteiger partial charge in [-0.25, -0.2) is 9.78 Å². The molecular weight excluding hydrogens is 352 g/mol. The minimum atomic E-state index is -1.00. The maximum Gasteiger partial charge on any atom is 0.328 e. The Balaban J connectivity index is 1.85. The number of hydrogen-bond acceptors (Lipinski definition) is 3. The standard InChI is InChI=1S/C23H16N2O3/c26-20(27)10-9-15-5-4-8-17(13-15)18-11-12-24-23-21(18)19(14-25-23)22(28)16-6-2-1-3-7-16/h1-14H,(H,24,25)(H,26,27)/b10-9+. The van der Waals surface area contributed by atoms with E-state index in [4.69, 9.17) is 5.11 Å². The van der Waals surface area contributed by atoms with E-state index in [1.54, 1.807) is 24.5 Å². The highest BCUT2D eigenvalue weighted by Gasteiger charge is 2.18. The van der Waals surface area contributed by atoms with Gasteiger partial charge in [-0.05, 0) is 34.9 Å². The number of H-pyrrole nitrogens is 1. The van der Waals surface area contributed by atoms with Crippen LogP contribution in [0.15, 0.2) is 79.1 Å². The summed E-state index contributed by atoms with van der Waals surface area (Å²) in [5.74, 6) is -1.08. The van der Waals surface area contributed by atoms with Crippen molar-refractivity contribution in [3.63, 3.8) is 0 Å². The highest BCUT2D eigenvalue weighted by Crippen LogP contribution is 2.31. The Morgan fingerprint density at radius 1 is 1.00 bits per heavy atom. The van der Waals surface area contributed by atoms with Crippen molar-refractivity contribution in [1.29, 1.82) is 0 Å². The van der Waals surface area contributed by atoms with E-state index in [0.717, 1.165) is 28.2 Å². The van der Waals surface area contributed by atoms with Gasteiger partial charge in [0.1, 0.15) is 5.65 Å². The molecule has 136 valence electrons. The number of carboxylic acids is 1. The normalized spacial score (nSPS) is 11.1. The summed E-state index contributed by atoms with van der Waals surface area (Å²) in [6.07, 6.45) is 6.01. The van der Waals surface area contributed by atoms with Crippen LogP contribution in [0.1, 0.15) is 21.5 Å². The Hall–Kier alpha value is -3.99. The number of nitrogens with one attached hydrogen (secondary N) is 1. The van der Waals surface area contributed by atoms with E-state index in [1.807, 2.05) is 48.5 Å². The third-order valence-electron chi connectivity index (χ3n) is 4.47. The van der Waals surface area contributed by atoms with Gasteiger partial charge in [0, 0.05) is 29.4 Å². The number of carbonyl (C=O) groups is 2. The highest BCUT2D eigenvalue weighted by atomic mass is 16.4. The number of pyridine rings is 1. The molecule has 0 amide bonds. The second kappa shape index (κ2) is 7.32. The summed E-state index contributed by atoms with van der Waals surface area (Å²) in [6, 6.07) is 18.5. The second-order valence-corrected chi connectivity index (χ2v) is 6.28. The van der Waals surface area contributed by atoms with Crippen molar-refractivity contribution < 1.29 is 14.7 Å². The lowest BCUT2D eigenvalue weighted by Crippen LogP contribution is -2.00. The van der Waals surface area contributed by atoms with E-state index >= 15 is 0 Å². The van der Waals surface area contributed by atoms with Gasteiger partial charge in [-0.3, -0.25) is 4.79 Å². The van der Waals surface area contributed by atoms with Crippen molar-refractivity contribution in [3.8, 4) is 11.1 Å². The minimum absolute atomic E-state index is 0.0805. The minimum Gasteiger partial charge on any atom is -0.478 e. The SMILES string of the molecule is O=C(O)/C=C/c1cccc(-c2ccnc3[nH]cc(C(=O)c4ccccc4)c23)c1. The van der Waals surface area contributed by atoms with Crippen LogP contribution in [0.25, 0.3) is 28.2 Å². The Morgan fingerprint density at radius 3 is 2.61 bits per heavy atom. The van der Waals surface area contributed by atoms with Crippen LogP contribution in [0.4, 0.5) is 0 Å². The molecule has 2 aromatic carbocycles. The molecule has 5 nitrogen and oxygen atoms in total. The molecule has 0 spiro atoms. The van der Waals surface area contributed by atoms with Crippen molar-refractivity contribution in [2.75, 3.05) is 0 Å². The molecule has 5 heteroatoms. The Kier molecular flexibility index (Phi) is 4.56. The van der Waals surface area contributed by atoms with Crippen LogP contribution in [0.2, 0.25) is 0 Å². The average molecular weight is 368 g/mol. The topological polar surface area (TPSA) is 83.0 Å². The molecule has 0 bridgehead atoms. The molecule has 0 saturated carbocycles. The molecule has 2 aromatic heterocycles. The molecule has 4 aromatic rings. The molecule has 0 fully saturated rings. The summed E-state index contributed by atoms with van der Waals surface area (Å²) in [6.45, 7) is 0. The summed E-state index contributed by atoms with van der Waals surface area (Å²) in [4.78, 5) is 31.2. The van der Waals surface area contributed by atoms with E-state index in [1.165, 1.54) is 6.08 Å². The summed E-state index contributed by atoms with van der Waals surface area (Å²) in [7, 11) is 0. The molecule has 0 saturated heterocycles. The maximum atomic E-state index is 13.0. The smallest absolute Gasteiger partial charge is 0.328 e. The number of fused-ring (bicyclic) bond motifs is 1. The van der Waals surface area contributed by atoms with E-state index in [-0.39, 0.29) is 5.78 Å². The lowest BCUT2D eigenvalue weighted by Gasteiger charge is -2.07. The number of ketones is 1. The van der Waals surface area contributed by atoms with Gasteiger partial charge < -0.3 is 10.1 Å². The molecule has 2 heterocycles. The molecule has 0 aliphatic carbocycles. The first-order chi connectivity index (χ1) is 13.6. The van der Waals surface area contributed by atoms with E-state index in [2.05, 4.69) is 9.97 Å². The first-order valence-corrected chi connectivity index (χ1v) is 8.71. The Labute approximate surface area is 161 Å². The third-order valence-corrected chi connectivity index (χ3v) is 4.47. The fourth-order valence-electron chi connectivity index (χ4n) is 3.20. The van der Waals surface area contributed by atoms with Gasteiger partial charge in [0.15, 0.2) is 5.78 Å². The van der Waals surface area contributed by atoms with E-state index in [9.17, 15) is 9.59 Å². The monoisotopic (exact) mass is 368 g/mol. The first kappa shape index (κ1) is 17.4. The predicted molar refractivity (Wildman–Crippen MR) is 108 cm³/mol. The lowest BCUT2D eigenvalue weighted by molar-refractivity contribution is -0.131. The Bertz CT molecular complexity index is 1210. The number of hydrogen-bond donors (Lipinski definition) is 2. The molecule has 4 rings (SSSR count). The van der Waals surface area contributed by atoms with Crippen molar-refractivity contribution in [1.82, 2.24) is 9.97 Å². The van der Waals surface area contributed by atoms with Crippen LogP contribution < -0.4 is 0 Å². The van der Waals surface area contributed by atoms with Gasteiger partial charge in [0.2, 0.25) is 0 Å². The quantitative estimate of drug-likeness (QED) is 0.400. The van der Waals surface area contributed by atoms with Crippen LogP contribution in [-0.2, 0) is 4.79 Å². The number of aliphatic carboxylic acids is 1. The van der Waals surface area contributed by atoms with Crippen LogP contribution in [-0.4, -0.2) is 26.8 Å². The van der Waals surface area contributed by atoms with Crippen molar-refractivity contribution in [2.45, 2.75) is 0 Å². The molecule has 28 heavy (non-hydrogen) atoms. The van der Waals surface area contributed by atoms with Gasteiger partial charge in [0.05, 0.1) is 5.56 Å². The van der Waals surface area contributed by atoms with Crippen LogP contribution in [0.5, 0.6) is 0 Å². The summed E-state index contributed by atoms with van der Waals surface area (Å²) >= 11 is 0. The largest absolute Gasteiger partial charge is 0.478 e. The highest BCUT2D eigenvalue weighted by molar-refractivity contribution is 6.18. The fraction of sp³-hybridized carbons (Fsp3) is 0. The van der Waals surface area contributed by atoms with Crippen molar-refractivity contribution >= 4 is 28.9 Å². The van der Waals surface area contributed by atoms with Gasteiger partial charge in [-0.2, -0.15) is 0 Å². The van der Waals surface area contributed by atoms with E-state index < -0.39 is 5.97 Å². The molecule has 0 aliphatic heterocycles. The van der Waals surface area contributed by atoms with Gasteiger partial charge in [-0.1, -0.05) is 48.5 Å². The van der Waals surface area contributed by atoms with Crippen LogP contribution in [0.3, 0.4) is 0 Å². The van der Waals surface area contributed by atoms with Crippen LogP contribution >= 0.6 is 0 Å². The fourth-order valence-corrected chi connectivity index (χ4v) is 3.20. The average Bonchev–Trinajstić information content (AvgIpc) is 3.17. The number of aromatic amines is 1. The summed E-state index contributed by atoms with van der Waals surface area (Å²) < 4.78 is 0. The van der Waals surface area contributed by atoms with Crippen molar-refractivity contribution in [3.05, 3.63) is 95.8 Å². The number of rotatable bonds is 5. The van der Waals surface area contributed by atoms with Gasteiger partial charge in [0.25, 0.3) is 0 Å². The molecule has 0 radical (unpaired) electrons. The van der Waals surface area contributed by atoms with Crippen molar-refractivity contribution in [2.24, 2.45) is 0 Å². The van der Waals surface area contributed by atoms with Gasteiger partial charge in [-0.15, -0.1) is 0 Å². The zero-order valence-electron chi connectivity index (χ0n) is 14.8. The lowest BCUT2D eigenvalue weighted by atomic mass is 9.96. The zero-order valence-corrected chi connectivity index (χ0v) is 14.8. The predicted octanol–water partition coefficient (Wildman–Crippen LogP) is 4.56. The molecule has 2 N–H and O–H groups in total. The summed E-state index contributed by atoms with van der Waals surface area (Å²) in [5.41, 5.74) is 4.28. The number of nitrogens with zero attached hydrogens (tertiary/aromatic N) is 1. The molecule has 0 aliphatic rings. The molecule has 0 atom stereocenters. The number of benzene rings is 2. The summed E-state index contributed by atoms with van der Waals surface area (Å²) in [5, 5.41) is 9.59. The zero-order chi connectivity index (χ0) is 19.5. The van der Waals surface area contributed by atoms with E-state index in [0.29, 0.717) is 16.8 Å². The number of aromatic nitrogens is 2. The Morgan fingerprint density at radius 2 is 1.82 bits per heavy atom. The number of carboxylic acid groups (broad SMARTS) is 1.